The van der Waals surface area contributed by atoms with Gasteiger partial charge in [-0.25, -0.2) is 8.42 Å². The Hall–Kier alpha value is -2.85. The number of ether oxygens (including phenoxy) is 2. The van der Waals surface area contributed by atoms with Crippen molar-refractivity contribution in [2.45, 2.75) is 11.5 Å². The van der Waals surface area contributed by atoms with E-state index >= 15 is 0 Å². The molecule has 3 aromatic rings. The minimum Gasteiger partial charge on any atom is -0.497 e. The molecule has 0 aliphatic rings. The number of benzene rings is 2. The summed E-state index contributed by atoms with van der Waals surface area (Å²) in [4.78, 5) is 0.118. The van der Waals surface area contributed by atoms with E-state index in [2.05, 4.69) is 14.9 Å². The molecule has 0 saturated carbocycles. The maximum atomic E-state index is 12.5. The van der Waals surface area contributed by atoms with E-state index in [0.29, 0.717) is 27.3 Å². The van der Waals surface area contributed by atoms with E-state index < -0.39 is 10.0 Å². The molecule has 0 radical (unpaired) electrons. The van der Waals surface area contributed by atoms with Crippen LogP contribution >= 0.6 is 11.3 Å². The van der Waals surface area contributed by atoms with E-state index in [9.17, 15) is 8.42 Å². The summed E-state index contributed by atoms with van der Waals surface area (Å²) in [7, 11) is -2.20. The van der Waals surface area contributed by atoms with Crippen LogP contribution in [-0.2, 0) is 16.6 Å². The number of nitrogen functional groups attached to an aromatic ring is 1. The van der Waals surface area contributed by atoms with Gasteiger partial charge in [-0.3, -0.25) is 4.72 Å². The van der Waals surface area contributed by atoms with Crippen molar-refractivity contribution in [1.82, 2.24) is 10.2 Å². The monoisotopic (exact) mass is 392 g/mol. The molecule has 0 spiro atoms. The zero-order chi connectivity index (χ0) is 18.6. The Morgan fingerprint density at radius 2 is 1.88 bits per heavy atom. The van der Waals surface area contributed by atoms with Gasteiger partial charge >= 0.3 is 0 Å². The van der Waals surface area contributed by atoms with Gasteiger partial charge in [-0.1, -0.05) is 17.4 Å². The highest BCUT2D eigenvalue weighted by Gasteiger charge is 2.14. The molecule has 1 aromatic heterocycles. The van der Waals surface area contributed by atoms with Crippen molar-refractivity contribution in [3.8, 4) is 11.5 Å². The molecule has 0 fully saturated rings. The highest BCUT2D eigenvalue weighted by Crippen LogP contribution is 2.23. The third kappa shape index (κ3) is 4.41. The second-order valence-corrected chi connectivity index (χ2v) is 7.91. The molecule has 8 nitrogen and oxygen atoms in total. The number of hydrogen-bond acceptors (Lipinski definition) is 8. The topological polar surface area (TPSA) is 116 Å². The molecular formula is C16H16N4O4S2. The second-order valence-electron chi connectivity index (χ2n) is 5.13. The molecule has 0 unspecified atom stereocenters. The first-order valence-corrected chi connectivity index (χ1v) is 9.74. The molecule has 0 aliphatic carbocycles. The molecule has 3 N–H and O–H groups in total. The van der Waals surface area contributed by atoms with Gasteiger partial charge in [-0.05, 0) is 36.4 Å². The van der Waals surface area contributed by atoms with E-state index in [1.54, 1.807) is 36.4 Å². The van der Waals surface area contributed by atoms with Crippen LogP contribution in [0.25, 0.3) is 0 Å². The number of nitrogens with one attached hydrogen (secondary N) is 1. The number of methoxy groups -OCH3 is 1. The highest BCUT2D eigenvalue weighted by molar-refractivity contribution is 7.92. The standard InChI is InChI=1S/C16H16N4O4S2/c1-23-13-4-2-3-11(9-13)20-26(21,22)14-7-5-12(6-8-14)24-10-15-18-19-16(17)25-15/h2-9,20H,10H2,1H3,(H2,17,19). The van der Waals surface area contributed by atoms with Crippen LogP contribution in [0.15, 0.2) is 53.4 Å². The van der Waals surface area contributed by atoms with Crippen LogP contribution < -0.4 is 19.9 Å². The summed E-state index contributed by atoms with van der Waals surface area (Å²) < 4.78 is 38.1. The number of aromatic nitrogens is 2. The lowest BCUT2D eigenvalue weighted by atomic mass is 10.3. The first kappa shape index (κ1) is 18.0. The predicted octanol–water partition coefficient (Wildman–Crippen LogP) is 2.51. The van der Waals surface area contributed by atoms with E-state index in [1.807, 2.05) is 0 Å². The normalized spacial score (nSPS) is 11.1. The first-order valence-electron chi connectivity index (χ1n) is 7.44. The lowest BCUT2D eigenvalue weighted by molar-refractivity contribution is 0.304. The minimum atomic E-state index is -3.72. The van der Waals surface area contributed by atoms with E-state index in [-0.39, 0.29) is 11.5 Å². The molecule has 10 heteroatoms. The third-order valence-electron chi connectivity index (χ3n) is 3.30. The lowest BCUT2D eigenvalue weighted by Crippen LogP contribution is -2.12. The van der Waals surface area contributed by atoms with Crippen LogP contribution in [-0.4, -0.2) is 25.7 Å². The number of nitrogens with two attached hydrogens (primary N) is 1. The van der Waals surface area contributed by atoms with Gasteiger partial charge in [0, 0.05) is 6.07 Å². The fourth-order valence-corrected chi connectivity index (χ4v) is 3.66. The van der Waals surface area contributed by atoms with E-state index in [4.69, 9.17) is 15.2 Å². The van der Waals surface area contributed by atoms with Gasteiger partial charge in [0.25, 0.3) is 10.0 Å². The van der Waals surface area contributed by atoms with E-state index in [1.165, 1.54) is 30.6 Å². The quantitative estimate of drug-likeness (QED) is 0.634. The molecule has 1 heterocycles. The zero-order valence-corrected chi connectivity index (χ0v) is 15.4. The average molecular weight is 392 g/mol. The Bertz CT molecular complexity index is 987. The number of rotatable bonds is 7. The maximum absolute atomic E-state index is 12.5. The van der Waals surface area contributed by atoms with E-state index in [0.717, 1.165) is 0 Å². The lowest BCUT2D eigenvalue weighted by Gasteiger charge is -2.10. The van der Waals surface area contributed by atoms with Gasteiger partial charge in [0.15, 0.2) is 5.01 Å². The SMILES string of the molecule is COc1cccc(NS(=O)(=O)c2ccc(OCc3nnc(N)s3)cc2)c1. The smallest absolute Gasteiger partial charge is 0.261 e. The summed E-state index contributed by atoms with van der Waals surface area (Å²) >= 11 is 1.23. The fraction of sp³-hybridized carbons (Fsp3) is 0.125. The number of anilines is 2. The molecule has 3 rings (SSSR count). The highest BCUT2D eigenvalue weighted by atomic mass is 32.2. The molecule has 0 amide bonds. The van der Waals surface area contributed by atoms with Gasteiger partial charge in [0.1, 0.15) is 18.1 Å². The predicted molar refractivity (Wildman–Crippen MR) is 98.9 cm³/mol. The van der Waals surface area contributed by atoms with Crippen molar-refractivity contribution in [2.24, 2.45) is 0 Å². The van der Waals surface area contributed by atoms with Crippen molar-refractivity contribution < 1.29 is 17.9 Å². The number of sulfonamides is 1. The molecule has 0 bridgehead atoms. The van der Waals surface area contributed by atoms with Gasteiger partial charge < -0.3 is 15.2 Å². The summed E-state index contributed by atoms with van der Waals surface area (Å²) in [6.45, 7) is 0.211. The third-order valence-corrected chi connectivity index (χ3v) is 5.42. The summed E-state index contributed by atoms with van der Waals surface area (Å²) in [5, 5.41) is 8.56. The fourth-order valence-electron chi connectivity index (χ4n) is 2.09. The first-order chi connectivity index (χ1) is 12.5. The van der Waals surface area contributed by atoms with Crippen LogP contribution in [0.4, 0.5) is 10.8 Å². The molecule has 136 valence electrons. The molecule has 0 saturated heterocycles. The van der Waals surface area contributed by atoms with Crippen molar-refractivity contribution >= 4 is 32.2 Å². The van der Waals surface area contributed by atoms with Crippen LogP contribution in [0.3, 0.4) is 0 Å². The van der Waals surface area contributed by atoms with Crippen molar-refractivity contribution in [3.05, 3.63) is 53.5 Å². The molecule has 26 heavy (non-hydrogen) atoms. The van der Waals surface area contributed by atoms with Crippen LogP contribution in [0.2, 0.25) is 0 Å². The average Bonchev–Trinajstić information content (AvgIpc) is 3.05. The van der Waals surface area contributed by atoms with Crippen LogP contribution in [0, 0.1) is 0 Å². The van der Waals surface area contributed by atoms with Crippen molar-refractivity contribution in [2.75, 3.05) is 17.6 Å². The molecular weight excluding hydrogens is 376 g/mol. The van der Waals surface area contributed by atoms with Crippen LogP contribution in [0.1, 0.15) is 5.01 Å². The minimum absolute atomic E-state index is 0.118. The Labute approximate surface area is 154 Å². The second kappa shape index (κ2) is 7.58. The van der Waals surface area contributed by atoms with Gasteiger partial charge in [0.2, 0.25) is 5.13 Å². The summed E-state index contributed by atoms with van der Waals surface area (Å²) in [6.07, 6.45) is 0. The molecule has 0 aliphatic heterocycles. The van der Waals surface area contributed by atoms with Crippen molar-refractivity contribution in [1.29, 1.82) is 0 Å². The summed E-state index contributed by atoms with van der Waals surface area (Å²) in [5.41, 5.74) is 5.92. The maximum Gasteiger partial charge on any atom is 0.261 e. The zero-order valence-electron chi connectivity index (χ0n) is 13.7. The van der Waals surface area contributed by atoms with Crippen LogP contribution in [0.5, 0.6) is 11.5 Å². The van der Waals surface area contributed by atoms with Gasteiger partial charge in [-0.2, -0.15) is 0 Å². The van der Waals surface area contributed by atoms with Crippen molar-refractivity contribution in [3.63, 3.8) is 0 Å². The Kier molecular flexibility index (Phi) is 5.24. The van der Waals surface area contributed by atoms with Gasteiger partial charge in [-0.15, -0.1) is 10.2 Å². The number of nitrogens with zero attached hydrogens (tertiary/aromatic N) is 2. The Balaban J connectivity index is 1.68. The summed E-state index contributed by atoms with van der Waals surface area (Å²) in [6, 6.07) is 12.8. The molecule has 2 aromatic carbocycles. The number of hydrogen-bond donors (Lipinski definition) is 2. The largest absolute Gasteiger partial charge is 0.497 e. The Morgan fingerprint density at radius 1 is 1.12 bits per heavy atom. The Morgan fingerprint density at radius 3 is 2.54 bits per heavy atom. The molecule has 0 atom stereocenters. The summed E-state index contributed by atoms with van der Waals surface area (Å²) in [5.74, 6) is 1.07. The van der Waals surface area contributed by atoms with Gasteiger partial charge in [0.05, 0.1) is 17.7 Å².